The Labute approximate surface area is 139 Å². The number of oxazole rings is 1. The van der Waals surface area contributed by atoms with E-state index in [1.807, 2.05) is 0 Å². The molecule has 0 spiro atoms. The molecule has 1 aromatic rings. The Morgan fingerprint density at radius 1 is 1.30 bits per heavy atom. The molecule has 0 radical (unpaired) electrons. The van der Waals surface area contributed by atoms with Gasteiger partial charge in [-0.15, -0.1) is 0 Å². The van der Waals surface area contributed by atoms with E-state index in [9.17, 15) is 4.79 Å². The fraction of sp³-hybridized carbons (Fsp3) is 0.778. The first-order valence-electron chi connectivity index (χ1n) is 9.25. The number of unbranched alkanes of at least 4 members (excludes halogenated alkanes) is 6. The van der Waals surface area contributed by atoms with Gasteiger partial charge in [-0.05, 0) is 25.8 Å². The van der Waals surface area contributed by atoms with E-state index in [4.69, 9.17) is 4.42 Å². The van der Waals surface area contributed by atoms with Gasteiger partial charge in [0, 0.05) is 19.0 Å². The number of carbonyl (C=O) groups is 1. The molecule has 0 aromatic carbocycles. The van der Waals surface area contributed by atoms with Crippen LogP contribution in [0.4, 0.5) is 0 Å². The maximum absolute atomic E-state index is 12.1. The topological polar surface area (TPSA) is 67.2 Å². The predicted octanol–water partition coefficient (Wildman–Crippen LogP) is 3.62. The zero-order valence-electron chi connectivity index (χ0n) is 14.4. The minimum atomic E-state index is -0.116. The van der Waals surface area contributed by atoms with Crippen LogP contribution in [0.2, 0.25) is 0 Å². The van der Waals surface area contributed by atoms with Gasteiger partial charge in [0.1, 0.15) is 6.26 Å². The van der Waals surface area contributed by atoms with Gasteiger partial charge in [-0.2, -0.15) is 0 Å². The maximum Gasteiger partial charge on any atom is 0.273 e. The molecule has 0 saturated carbocycles. The van der Waals surface area contributed by atoms with E-state index in [-0.39, 0.29) is 5.91 Å². The standard InChI is InChI=1S/C18H31N3O2/c1-2-3-4-5-6-7-8-12-20-17(22)16-14-23-18(21-16)15-10-9-11-19-13-15/h14-15,19H,2-13H2,1H3,(H,20,22). The molecule has 5 nitrogen and oxygen atoms in total. The number of piperidine rings is 1. The summed E-state index contributed by atoms with van der Waals surface area (Å²) in [5, 5.41) is 6.28. The van der Waals surface area contributed by atoms with Crippen LogP contribution in [0.1, 0.15) is 87.0 Å². The average molecular weight is 321 g/mol. The predicted molar refractivity (Wildman–Crippen MR) is 91.7 cm³/mol. The summed E-state index contributed by atoms with van der Waals surface area (Å²) in [6.45, 7) is 4.90. The number of amides is 1. The third-order valence-electron chi connectivity index (χ3n) is 4.47. The molecular weight excluding hydrogens is 290 g/mol. The van der Waals surface area contributed by atoms with Gasteiger partial charge in [-0.25, -0.2) is 4.98 Å². The Morgan fingerprint density at radius 2 is 2.09 bits per heavy atom. The monoisotopic (exact) mass is 321 g/mol. The highest BCUT2D eigenvalue weighted by atomic mass is 16.3. The van der Waals surface area contributed by atoms with Crippen LogP contribution >= 0.6 is 0 Å². The molecule has 5 heteroatoms. The zero-order valence-corrected chi connectivity index (χ0v) is 14.4. The number of carbonyl (C=O) groups excluding carboxylic acids is 1. The molecule has 1 aliphatic heterocycles. The summed E-state index contributed by atoms with van der Waals surface area (Å²) in [5.74, 6) is 0.876. The largest absolute Gasteiger partial charge is 0.448 e. The van der Waals surface area contributed by atoms with E-state index in [2.05, 4.69) is 22.5 Å². The highest BCUT2D eigenvalue weighted by Gasteiger charge is 2.21. The summed E-state index contributed by atoms with van der Waals surface area (Å²) in [5.41, 5.74) is 0.411. The molecule has 23 heavy (non-hydrogen) atoms. The summed E-state index contributed by atoms with van der Waals surface area (Å²) < 4.78 is 5.50. The van der Waals surface area contributed by atoms with E-state index < -0.39 is 0 Å². The fourth-order valence-corrected chi connectivity index (χ4v) is 3.02. The first-order valence-corrected chi connectivity index (χ1v) is 9.25. The molecule has 2 rings (SSSR count). The highest BCUT2D eigenvalue weighted by Crippen LogP contribution is 2.22. The van der Waals surface area contributed by atoms with Gasteiger partial charge in [0.2, 0.25) is 0 Å². The van der Waals surface area contributed by atoms with E-state index >= 15 is 0 Å². The van der Waals surface area contributed by atoms with E-state index in [1.165, 1.54) is 44.8 Å². The Morgan fingerprint density at radius 3 is 2.83 bits per heavy atom. The van der Waals surface area contributed by atoms with Crippen LogP contribution in [-0.4, -0.2) is 30.5 Å². The van der Waals surface area contributed by atoms with Gasteiger partial charge in [0.25, 0.3) is 5.91 Å². The normalized spacial score (nSPS) is 18.0. The molecule has 130 valence electrons. The van der Waals surface area contributed by atoms with Gasteiger partial charge >= 0.3 is 0 Å². The Bertz CT molecular complexity index is 453. The Balaban J connectivity index is 1.61. The Kier molecular flexibility index (Phi) is 8.15. The van der Waals surface area contributed by atoms with Crippen molar-refractivity contribution in [3.8, 4) is 0 Å². The molecule has 2 N–H and O–H groups in total. The van der Waals surface area contributed by atoms with Crippen molar-refractivity contribution in [2.75, 3.05) is 19.6 Å². The molecule has 1 atom stereocenters. The lowest BCUT2D eigenvalue weighted by atomic mass is 10.00. The molecule has 2 heterocycles. The van der Waals surface area contributed by atoms with Gasteiger partial charge in [0.05, 0.1) is 0 Å². The SMILES string of the molecule is CCCCCCCCCNC(=O)c1coc(C2CCCNC2)n1. The number of rotatable bonds is 10. The first kappa shape index (κ1) is 18.0. The van der Waals surface area contributed by atoms with E-state index in [0.29, 0.717) is 17.5 Å². The Hall–Kier alpha value is -1.36. The lowest BCUT2D eigenvalue weighted by molar-refractivity contribution is 0.0948. The van der Waals surface area contributed by atoms with Crippen LogP contribution in [0.3, 0.4) is 0 Å². The van der Waals surface area contributed by atoms with Gasteiger partial charge in [-0.3, -0.25) is 4.79 Å². The van der Waals surface area contributed by atoms with E-state index in [1.54, 1.807) is 0 Å². The quantitative estimate of drug-likeness (QED) is 0.646. The number of hydrogen-bond donors (Lipinski definition) is 2. The maximum atomic E-state index is 12.1. The minimum absolute atomic E-state index is 0.116. The second-order valence-corrected chi connectivity index (χ2v) is 6.49. The summed E-state index contributed by atoms with van der Waals surface area (Å²) >= 11 is 0. The van der Waals surface area contributed by atoms with Crippen molar-refractivity contribution in [3.63, 3.8) is 0 Å². The smallest absolute Gasteiger partial charge is 0.273 e. The van der Waals surface area contributed by atoms with Gasteiger partial charge in [0.15, 0.2) is 11.6 Å². The molecule has 1 saturated heterocycles. The molecular formula is C18H31N3O2. The van der Waals surface area contributed by atoms with Crippen molar-refractivity contribution >= 4 is 5.91 Å². The highest BCUT2D eigenvalue weighted by molar-refractivity contribution is 5.91. The third kappa shape index (κ3) is 6.34. The number of nitrogens with zero attached hydrogens (tertiary/aromatic N) is 1. The van der Waals surface area contributed by atoms with Gasteiger partial charge < -0.3 is 15.1 Å². The third-order valence-corrected chi connectivity index (χ3v) is 4.47. The molecule has 1 amide bonds. The molecule has 0 aliphatic carbocycles. The second-order valence-electron chi connectivity index (χ2n) is 6.49. The molecule has 1 fully saturated rings. The van der Waals surface area contributed by atoms with Crippen LogP contribution in [-0.2, 0) is 0 Å². The number of nitrogens with one attached hydrogen (secondary N) is 2. The average Bonchev–Trinajstić information content (AvgIpc) is 3.08. The molecule has 0 bridgehead atoms. The van der Waals surface area contributed by atoms with Crippen molar-refractivity contribution in [2.24, 2.45) is 0 Å². The van der Waals surface area contributed by atoms with Crippen LogP contribution in [0, 0.1) is 0 Å². The lowest BCUT2D eigenvalue weighted by Gasteiger charge is -2.19. The number of aromatic nitrogens is 1. The van der Waals surface area contributed by atoms with Crippen LogP contribution in [0.25, 0.3) is 0 Å². The van der Waals surface area contributed by atoms with Crippen molar-refractivity contribution in [1.82, 2.24) is 15.6 Å². The van der Waals surface area contributed by atoms with Crippen molar-refractivity contribution in [2.45, 2.75) is 70.6 Å². The van der Waals surface area contributed by atoms with Gasteiger partial charge in [-0.1, -0.05) is 45.4 Å². The summed E-state index contributed by atoms with van der Waals surface area (Å²) in [6, 6.07) is 0. The lowest BCUT2D eigenvalue weighted by Crippen LogP contribution is -2.29. The fourth-order valence-electron chi connectivity index (χ4n) is 3.02. The first-order chi connectivity index (χ1) is 11.3. The summed E-state index contributed by atoms with van der Waals surface area (Å²) in [7, 11) is 0. The molecule has 1 aromatic heterocycles. The summed E-state index contributed by atoms with van der Waals surface area (Å²) in [6.07, 6.45) is 12.4. The molecule has 1 aliphatic rings. The summed E-state index contributed by atoms with van der Waals surface area (Å²) in [4.78, 5) is 16.4. The zero-order chi connectivity index (χ0) is 16.3. The van der Waals surface area contributed by atoms with E-state index in [0.717, 1.165) is 38.9 Å². The van der Waals surface area contributed by atoms with Crippen molar-refractivity contribution in [1.29, 1.82) is 0 Å². The van der Waals surface area contributed by atoms with Crippen LogP contribution in [0.5, 0.6) is 0 Å². The van der Waals surface area contributed by atoms with Crippen molar-refractivity contribution in [3.05, 3.63) is 17.8 Å². The minimum Gasteiger partial charge on any atom is -0.448 e. The van der Waals surface area contributed by atoms with Crippen molar-refractivity contribution < 1.29 is 9.21 Å². The van der Waals surface area contributed by atoms with Crippen LogP contribution in [0.15, 0.2) is 10.7 Å². The molecule has 1 unspecified atom stereocenters. The second kappa shape index (κ2) is 10.4. The number of hydrogen-bond acceptors (Lipinski definition) is 4. The van der Waals surface area contributed by atoms with Crippen LogP contribution < -0.4 is 10.6 Å².